The molecule has 2 rings (SSSR count). The third-order valence-electron chi connectivity index (χ3n) is 1.42. The van der Waals surface area contributed by atoms with Gasteiger partial charge in [0, 0.05) is 0 Å². The number of ether oxygens (including phenoxy) is 4. The van der Waals surface area contributed by atoms with Crippen molar-refractivity contribution < 1.29 is 28.8 Å². The number of cyclic esters (lactones) is 2. The molecule has 76 valence electrons. The van der Waals surface area contributed by atoms with Crippen molar-refractivity contribution in [1.29, 1.82) is 0 Å². The van der Waals surface area contributed by atoms with Gasteiger partial charge in [0.05, 0.1) is 13.2 Å². The van der Waals surface area contributed by atoms with Gasteiger partial charge in [-0.2, -0.15) is 0 Å². The lowest BCUT2D eigenvalue weighted by atomic mass is 10.4. The summed E-state index contributed by atoms with van der Waals surface area (Å²) in [4.78, 5) is 9.80. The van der Waals surface area contributed by atoms with Crippen LogP contribution >= 0.6 is 0 Å². The second kappa shape index (κ2) is 5.74. The second-order valence-corrected chi connectivity index (χ2v) is 2.41. The summed E-state index contributed by atoms with van der Waals surface area (Å²) in [6.45, 7) is 1.78. The fourth-order valence-corrected chi connectivity index (χ4v) is 0.769. The maximum absolute atomic E-state index is 9.80. The van der Waals surface area contributed by atoms with Crippen molar-refractivity contribution in [2.75, 3.05) is 33.2 Å². The van der Waals surface area contributed by atoms with Gasteiger partial charge in [-0.1, -0.05) is 0 Å². The first-order chi connectivity index (χ1) is 6.33. The van der Waals surface area contributed by atoms with Crippen LogP contribution < -0.4 is 0 Å². The van der Waals surface area contributed by atoms with E-state index in [9.17, 15) is 4.79 Å². The average molecular weight is 192 g/mol. The minimum atomic E-state index is -0.546. The number of rotatable bonds is 1. The summed E-state index contributed by atoms with van der Waals surface area (Å²) in [5.74, 6) is 0. The zero-order valence-corrected chi connectivity index (χ0v) is 7.10. The minimum Gasteiger partial charge on any atom is -0.431 e. The van der Waals surface area contributed by atoms with E-state index in [1.54, 1.807) is 0 Å². The standard InChI is InChI=1S/C4H8O3.C3H4O3/c5-1-4-2-6-3-7-4;4-3-5-1-2-6-3/h4-5H,1-3H2;1-2H2. The van der Waals surface area contributed by atoms with Gasteiger partial charge in [-0.15, -0.1) is 0 Å². The van der Waals surface area contributed by atoms with Gasteiger partial charge in [-0.3, -0.25) is 0 Å². The van der Waals surface area contributed by atoms with Crippen LogP contribution in [0.25, 0.3) is 0 Å². The molecule has 2 fully saturated rings. The summed E-state index contributed by atoms with van der Waals surface area (Å²) >= 11 is 0. The average Bonchev–Trinajstić information content (AvgIpc) is 2.76. The minimum absolute atomic E-state index is 0.0694. The Bertz CT molecular complexity index is 145. The van der Waals surface area contributed by atoms with E-state index in [1.807, 2.05) is 0 Å². The Labute approximate surface area is 75.3 Å². The van der Waals surface area contributed by atoms with E-state index < -0.39 is 6.16 Å². The Morgan fingerprint density at radius 3 is 2.31 bits per heavy atom. The van der Waals surface area contributed by atoms with E-state index in [1.165, 1.54) is 0 Å². The van der Waals surface area contributed by atoms with Crippen molar-refractivity contribution in [1.82, 2.24) is 0 Å². The van der Waals surface area contributed by atoms with Gasteiger partial charge in [-0.25, -0.2) is 4.79 Å². The van der Waals surface area contributed by atoms with E-state index in [4.69, 9.17) is 14.6 Å². The lowest BCUT2D eigenvalue weighted by Crippen LogP contribution is -2.13. The van der Waals surface area contributed by atoms with E-state index in [0.717, 1.165) is 0 Å². The molecule has 2 aliphatic heterocycles. The van der Waals surface area contributed by atoms with Crippen LogP contribution in [0.1, 0.15) is 0 Å². The predicted octanol–water partition coefficient (Wildman–Crippen LogP) is -0.495. The van der Waals surface area contributed by atoms with Crippen LogP contribution in [-0.2, 0) is 18.9 Å². The van der Waals surface area contributed by atoms with Crippen LogP contribution in [0.5, 0.6) is 0 Å². The van der Waals surface area contributed by atoms with Crippen LogP contribution in [0.15, 0.2) is 0 Å². The Hall–Kier alpha value is -0.850. The third-order valence-corrected chi connectivity index (χ3v) is 1.42. The zero-order chi connectivity index (χ0) is 9.52. The molecule has 6 nitrogen and oxygen atoms in total. The smallest absolute Gasteiger partial charge is 0.431 e. The Morgan fingerprint density at radius 2 is 2.08 bits per heavy atom. The number of aliphatic hydroxyl groups is 1. The number of aliphatic hydroxyl groups excluding tert-OH is 1. The molecule has 0 saturated carbocycles. The summed E-state index contributed by atoms with van der Waals surface area (Å²) in [5, 5.41) is 8.36. The van der Waals surface area contributed by atoms with Gasteiger partial charge in [0.2, 0.25) is 0 Å². The molecule has 0 aromatic rings. The van der Waals surface area contributed by atoms with Gasteiger partial charge in [0.15, 0.2) is 0 Å². The lowest BCUT2D eigenvalue weighted by Gasteiger charge is -1.97. The van der Waals surface area contributed by atoms with Crippen molar-refractivity contribution in [2.45, 2.75) is 6.10 Å². The quantitative estimate of drug-likeness (QED) is 0.565. The molecule has 1 unspecified atom stereocenters. The highest BCUT2D eigenvalue weighted by Crippen LogP contribution is 1.99. The summed E-state index contributed by atoms with van der Waals surface area (Å²) in [6, 6.07) is 0. The molecule has 1 N–H and O–H groups in total. The van der Waals surface area contributed by atoms with Crippen molar-refractivity contribution in [2.24, 2.45) is 0 Å². The summed E-state index contributed by atoms with van der Waals surface area (Å²) in [5.41, 5.74) is 0. The monoisotopic (exact) mass is 192 g/mol. The number of carbonyl (C=O) groups excluding carboxylic acids is 1. The third kappa shape index (κ3) is 4.07. The molecule has 0 aromatic carbocycles. The molecule has 0 amide bonds. The van der Waals surface area contributed by atoms with E-state index in [-0.39, 0.29) is 12.7 Å². The van der Waals surface area contributed by atoms with E-state index in [2.05, 4.69) is 9.47 Å². The maximum atomic E-state index is 9.80. The molecule has 0 aromatic heterocycles. The molecule has 13 heavy (non-hydrogen) atoms. The van der Waals surface area contributed by atoms with Crippen molar-refractivity contribution in [3.8, 4) is 0 Å². The van der Waals surface area contributed by atoms with Gasteiger partial charge < -0.3 is 24.1 Å². The van der Waals surface area contributed by atoms with Gasteiger partial charge >= 0.3 is 6.16 Å². The first kappa shape index (κ1) is 10.2. The predicted molar refractivity (Wildman–Crippen MR) is 40.1 cm³/mol. The van der Waals surface area contributed by atoms with Crippen LogP contribution in [0.2, 0.25) is 0 Å². The molecule has 1 atom stereocenters. The van der Waals surface area contributed by atoms with Crippen LogP contribution in [-0.4, -0.2) is 50.6 Å². The number of hydrogen-bond donors (Lipinski definition) is 1. The van der Waals surface area contributed by atoms with Crippen LogP contribution in [0.4, 0.5) is 4.79 Å². The number of hydrogen-bond acceptors (Lipinski definition) is 6. The van der Waals surface area contributed by atoms with E-state index >= 15 is 0 Å². The summed E-state index contributed by atoms with van der Waals surface area (Å²) in [6.07, 6.45) is -0.616. The first-order valence-electron chi connectivity index (χ1n) is 3.92. The molecule has 0 bridgehead atoms. The van der Waals surface area contributed by atoms with E-state index in [0.29, 0.717) is 26.6 Å². The van der Waals surface area contributed by atoms with Crippen LogP contribution in [0.3, 0.4) is 0 Å². The Balaban J connectivity index is 0.000000132. The molecule has 2 heterocycles. The van der Waals surface area contributed by atoms with Crippen LogP contribution in [0, 0.1) is 0 Å². The fourth-order valence-electron chi connectivity index (χ4n) is 0.769. The lowest BCUT2D eigenvalue weighted by molar-refractivity contribution is 0.0279. The SMILES string of the molecule is O=C1OCCO1.OCC1COCO1. The highest BCUT2D eigenvalue weighted by molar-refractivity contribution is 5.61. The highest BCUT2D eigenvalue weighted by atomic mass is 16.8. The van der Waals surface area contributed by atoms with Crippen molar-refractivity contribution in [3.05, 3.63) is 0 Å². The second-order valence-electron chi connectivity index (χ2n) is 2.41. The topological polar surface area (TPSA) is 74.2 Å². The first-order valence-corrected chi connectivity index (χ1v) is 3.92. The normalized spacial score (nSPS) is 25.9. The Kier molecular flexibility index (Phi) is 4.52. The molecule has 2 aliphatic rings. The number of carbonyl (C=O) groups is 1. The summed E-state index contributed by atoms with van der Waals surface area (Å²) in [7, 11) is 0. The van der Waals surface area contributed by atoms with Gasteiger partial charge in [-0.05, 0) is 0 Å². The van der Waals surface area contributed by atoms with Gasteiger partial charge in [0.25, 0.3) is 0 Å². The largest absolute Gasteiger partial charge is 0.508 e. The summed E-state index contributed by atoms with van der Waals surface area (Å²) < 4.78 is 18.2. The van der Waals surface area contributed by atoms with Crippen molar-refractivity contribution >= 4 is 6.16 Å². The molecule has 6 heteroatoms. The zero-order valence-electron chi connectivity index (χ0n) is 7.10. The molecular formula is C7H12O6. The fraction of sp³-hybridized carbons (Fsp3) is 0.857. The van der Waals surface area contributed by atoms with Gasteiger partial charge in [0.1, 0.15) is 26.1 Å². The van der Waals surface area contributed by atoms with Crippen molar-refractivity contribution in [3.63, 3.8) is 0 Å². The molecule has 0 aliphatic carbocycles. The maximum Gasteiger partial charge on any atom is 0.508 e. The molecule has 0 radical (unpaired) electrons. The highest BCUT2D eigenvalue weighted by Gasteiger charge is 2.13. The Morgan fingerprint density at radius 1 is 1.38 bits per heavy atom. The molecule has 2 saturated heterocycles. The molecule has 0 spiro atoms. The molecular weight excluding hydrogens is 180 g/mol.